The van der Waals surface area contributed by atoms with Gasteiger partial charge < -0.3 is 10.2 Å². The van der Waals surface area contributed by atoms with Gasteiger partial charge in [-0.1, -0.05) is 31.5 Å². The third kappa shape index (κ3) is 8.70. The summed E-state index contributed by atoms with van der Waals surface area (Å²) in [5.41, 5.74) is 3.94. The molecule has 0 amide bonds. The molecule has 4 heteroatoms. The van der Waals surface area contributed by atoms with Gasteiger partial charge in [0.2, 0.25) is 0 Å². The molecular weight excluding hydrogens is 304 g/mol. The number of hydrogen-bond acceptors (Lipinski definition) is 2. The number of rotatable bonds is 13. The Morgan fingerprint density at radius 1 is 0.792 bits per heavy atom. The van der Waals surface area contributed by atoms with Gasteiger partial charge in [0.25, 0.3) is 0 Å². The molecule has 1 rings (SSSR count). The fraction of sp³-hybridized carbons (Fsp3) is 0.600. The molecule has 0 aromatic heterocycles. The minimum absolute atomic E-state index is 0.225. The zero-order valence-corrected chi connectivity index (χ0v) is 14.7. The average molecular weight is 334 g/mol. The van der Waals surface area contributed by atoms with Crippen molar-refractivity contribution in [3.8, 4) is 0 Å². The summed E-state index contributed by atoms with van der Waals surface area (Å²) in [6.45, 7) is 2.18. The monoisotopic (exact) mass is 334 g/mol. The van der Waals surface area contributed by atoms with E-state index in [1.165, 1.54) is 29.5 Å². The molecular formula is C20H30O4. The molecule has 0 spiro atoms. The number of carbonyl (C=O) groups is 2. The second kappa shape index (κ2) is 11.7. The zero-order chi connectivity index (χ0) is 17.8. The van der Waals surface area contributed by atoms with Crippen LogP contribution >= 0.6 is 0 Å². The number of hydrogen-bond donors (Lipinski definition) is 2. The van der Waals surface area contributed by atoms with Gasteiger partial charge in [-0.25, -0.2) is 0 Å². The van der Waals surface area contributed by atoms with Crippen molar-refractivity contribution in [2.75, 3.05) is 0 Å². The highest BCUT2D eigenvalue weighted by atomic mass is 16.4. The van der Waals surface area contributed by atoms with Crippen LogP contribution in [0, 0.1) is 0 Å². The average Bonchev–Trinajstić information content (AvgIpc) is 2.54. The maximum Gasteiger partial charge on any atom is 0.303 e. The van der Waals surface area contributed by atoms with Crippen molar-refractivity contribution in [1.82, 2.24) is 0 Å². The summed E-state index contributed by atoms with van der Waals surface area (Å²) < 4.78 is 0. The van der Waals surface area contributed by atoms with Crippen LogP contribution in [0.2, 0.25) is 0 Å². The van der Waals surface area contributed by atoms with Crippen molar-refractivity contribution < 1.29 is 19.8 Å². The van der Waals surface area contributed by atoms with E-state index in [0.29, 0.717) is 12.8 Å². The van der Waals surface area contributed by atoms with Crippen molar-refractivity contribution >= 4 is 11.9 Å². The van der Waals surface area contributed by atoms with Crippen molar-refractivity contribution in [1.29, 1.82) is 0 Å². The summed E-state index contributed by atoms with van der Waals surface area (Å²) in [6.07, 6.45) is 8.84. The van der Waals surface area contributed by atoms with Gasteiger partial charge in [0.15, 0.2) is 0 Å². The number of carboxylic acids is 2. The van der Waals surface area contributed by atoms with E-state index in [1.807, 2.05) is 0 Å². The lowest BCUT2D eigenvalue weighted by molar-refractivity contribution is -0.138. The van der Waals surface area contributed by atoms with Crippen LogP contribution in [-0.2, 0) is 28.9 Å². The molecule has 2 N–H and O–H groups in total. The standard InChI is InChI=1S/C20H30O4/c1-2-3-8-16-13-14-17(9-4-6-11-19(21)22)18(15-16)10-5-7-12-20(23)24/h13-15H,2-12H2,1H3,(H,21,22)(H,23,24). The second-order valence-corrected chi connectivity index (χ2v) is 6.41. The smallest absolute Gasteiger partial charge is 0.303 e. The maximum atomic E-state index is 10.6. The van der Waals surface area contributed by atoms with E-state index >= 15 is 0 Å². The lowest BCUT2D eigenvalue weighted by Crippen LogP contribution is -2.00. The van der Waals surface area contributed by atoms with E-state index in [9.17, 15) is 9.59 Å². The first kappa shape index (κ1) is 20.2. The molecule has 0 fully saturated rings. The number of unbranched alkanes of at least 4 members (excludes halogenated alkanes) is 3. The molecule has 0 unspecified atom stereocenters. The van der Waals surface area contributed by atoms with Crippen molar-refractivity contribution in [2.24, 2.45) is 0 Å². The van der Waals surface area contributed by atoms with E-state index in [0.717, 1.165) is 32.1 Å². The molecule has 1 aromatic rings. The van der Waals surface area contributed by atoms with Crippen molar-refractivity contribution in [3.63, 3.8) is 0 Å². The molecule has 0 saturated carbocycles. The summed E-state index contributed by atoms with van der Waals surface area (Å²) in [7, 11) is 0. The number of benzene rings is 1. The lowest BCUT2D eigenvalue weighted by Gasteiger charge is -2.12. The molecule has 0 radical (unpaired) electrons. The van der Waals surface area contributed by atoms with Gasteiger partial charge in [-0.3, -0.25) is 9.59 Å². The quantitative estimate of drug-likeness (QED) is 0.516. The van der Waals surface area contributed by atoms with Crippen LogP contribution in [0.5, 0.6) is 0 Å². The molecule has 0 aliphatic rings. The molecule has 0 bridgehead atoms. The first-order valence-electron chi connectivity index (χ1n) is 9.07. The Labute approximate surface area is 144 Å². The van der Waals surface area contributed by atoms with E-state index in [-0.39, 0.29) is 12.8 Å². The number of carboxylic acid groups (broad SMARTS) is 2. The van der Waals surface area contributed by atoms with Crippen LogP contribution < -0.4 is 0 Å². The fourth-order valence-electron chi connectivity index (χ4n) is 2.88. The molecule has 0 aliphatic heterocycles. The van der Waals surface area contributed by atoms with Gasteiger partial charge in [0, 0.05) is 12.8 Å². The summed E-state index contributed by atoms with van der Waals surface area (Å²) in [5.74, 6) is -1.47. The van der Waals surface area contributed by atoms with Crippen molar-refractivity contribution in [2.45, 2.75) is 77.6 Å². The van der Waals surface area contributed by atoms with Crippen LogP contribution in [0.25, 0.3) is 0 Å². The predicted octanol–water partition coefficient (Wildman–Crippen LogP) is 4.62. The van der Waals surface area contributed by atoms with Crippen LogP contribution in [0.3, 0.4) is 0 Å². The molecule has 4 nitrogen and oxygen atoms in total. The second-order valence-electron chi connectivity index (χ2n) is 6.41. The largest absolute Gasteiger partial charge is 0.481 e. The highest BCUT2D eigenvalue weighted by Gasteiger charge is 2.06. The minimum Gasteiger partial charge on any atom is -0.481 e. The van der Waals surface area contributed by atoms with Crippen molar-refractivity contribution in [3.05, 3.63) is 34.9 Å². The normalized spacial score (nSPS) is 10.7. The topological polar surface area (TPSA) is 74.6 Å². The maximum absolute atomic E-state index is 10.6. The Morgan fingerprint density at radius 2 is 1.38 bits per heavy atom. The Hall–Kier alpha value is -1.84. The molecule has 24 heavy (non-hydrogen) atoms. The first-order valence-corrected chi connectivity index (χ1v) is 9.07. The van der Waals surface area contributed by atoms with Crippen LogP contribution in [0.15, 0.2) is 18.2 Å². The summed E-state index contributed by atoms with van der Waals surface area (Å²) >= 11 is 0. The van der Waals surface area contributed by atoms with E-state index < -0.39 is 11.9 Å². The Balaban J connectivity index is 2.64. The highest BCUT2D eigenvalue weighted by Crippen LogP contribution is 2.19. The van der Waals surface area contributed by atoms with E-state index in [1.54, 1.807) is 0 Å². The third-order valence-electron chi connectivity index (χ3n) is 4.26. The number of aryl methyl sites for hydroxylation is 3. The van der Waals surface area contributed by atoms with Crippen LogP contribution in [0.1, 0.15) is 75.0 Å². The van der Waals surface area contributed by atoms with E-state index in [4.69, 9.17) is 10.2 Å². The van der Waals surface area contributed by atoms with Gasteiger partial charge >= 0.3 is 11.9 Å². The predicted molar refractivity (Wildman–Crippen MR) is 95.4 cm³/mol. The molecule has 0 atom stereocenters. The molecule has 0 heterocycles. The Morgan fingerprint density at radius 3 is 1.92 bits per heavy atom. The summed E-state index contributed by atoms with van der Waals surface area (Å²) in [4.78, 5) is 21.2. The molecule has 134 valence electrons. The Bertz CT molecular complexity index is 522. The summed E-state index contributed by atoms with van der Waals surface area (Å²) in [5, 5.41) is 17.5. The third-order valence-corrected chi connectivity index (χ3v) is 4.26. The fourth-order valence-corrected chi connectivity index (χ4v) is 2.88. The first-order chi connectivity index (χ1) is 11.5. The van der Waals surface area contributed by atoms with Gasteiger partial charge in [0.05, 0.1) is 0 Å². The lowest BCUT2D eigenvalue weighted by atomic mass is 9.94. The SMILES string of the molecule is CCCCc1ccc(CCCCC(=O)O)c(CCCCC(=O)O)c1. The van der Waals surface area contributed by atoms with Gasteiger partial charge in [-0.15, -0.1) is 0 Å². The van der Waals surface area contributed by atoms with Gasteiger partial charge in [-0.2, -0.15) is 0 Å². The zero-order valence-electron chi connectivity index (χ0n) is 14.7. The molecule has 0 aliphatic carbocycles. The van der Waals surface area contributed by atoms with Gasteiger partial charge in [-0.05, 0) is 68.1 Å². The van der Waals surface area contributed by atoms with Crippen LogP contribution in [0.4, 0.5) is 0 Å². The molecule has 0 saturated heterocycles. The van der Waals surface area contributed by atoms with Gasteiger partial charge in [0.1, 0.15) is 0 Å². The van der Waals surface area contributed by atoms with Crippen LogP contribution in [-0.4, -0.2) is 22.2 Å². The van der Waals surface area contributed by atoms with E-state index in [2.05, 4.69) is 25.1 Å². The highest BCUT2D eigenvalue weighted by molar-refractivity contribution is 5.66. The molecule has 1 aromatic carbocycles. The number of aliphatic carboxylic acids is 2. The Kier molecular flexibility index (Phi) is 9.81. The minimum atomic E-state index is -0.737. The summed E-state index contributed by atoms with van der Waals surface area (Å²) in [6, 6.07) is 6.63.